The smallest absolute Gasteiger partial charge is 0.407 e. The molecule has 0 heterocycles. The Labute approximate surface area is 100 Å². The number of hydrogen-bond acceptors (Lipinski definition) is 7. The largest absolute Gasteiger partial charge is 0.447 e. The topological polar surface area (TPSA) is 87.3 Å². The quantitative estimate of drug-likeness (QED) is 0.398. The van der Waals surface area contributed by atoms with Gasteiger partial charge < -0.3 is 19.5 Å². The summed E-state index contributed by atoms with van der Waals surface area (Å²) in [7, 11) is 4.49. The zero-order valence-electron chi connectivity index (χ0n) is 10.4. The van der Waals surface area contributed by atoms with E-state index in [0.717, 1.165) is 0 Å². The van der Waals surface area contributed by atoms with E-state index in [1.807, 2.05) is 0 Å². The molecule has 1 atom stereocenters. The molecule has 0 saturated carbocycles. The normalized spacial score (nSPS) is 12.2. The number of alkyl carbamates (subject to hydrolysis) is 1. The molecule has 0 fully saturated rings. The van der Waals surface area contributed by atoms with Crippen LogP contribution in [-0.4, -0.2) is 59.9 Å². The van der Waals surface area contributed by atoms with Gasteiger partial charge in [-0.05, 0) is 0 Å². The molecule has 0 bridgehead atoms. The highest BCUT2D eigenvalue weighted by atomic mass is 16.9. The first kappa shape index (κ1) is 16.1. The number of carbonyl (C=O) groups excluding carboxylic acids is 1. The van der Waals surface area contributed by atoms with Crippen molar-refractivity contribution in [2.75, 3.05) is 47.7 Å². The highest BCUT2D eigenvalue weighted by Gasteiger charge is 2.10. The van der Waals surface area contributed by atoms with E-state index in [2.05, 4.69) is 15.8 Å². The lowest BCUT2D eigenvalue weighted by molar-refractivity contribution is -0.149. The minimum atomic E-state index is -0.538. The molecular formula is C9H20N2O6. The summed E-state index contributed by atoms with van der Waals surface area (Å²) in [6.07, 6.45) is -0.804. The molecule has 0 aromatic heterocycles. The lowest BCUT2D eigenvalue weighted by Crippen LogP contribution is -2.33. The van der Waals surface area contributed by atoms with Gasteiger partial charge >= 0.3 is 6.09 Å². The van der Waals surface area contributed by atoms with Gasteiger partial charge in [-0.3, -0.25) is 9.68 Å². The van der Waals surface area contributed by atoms with Crippen molar-refractivity contribution in [3.05, 3.63) is 0 Å². The van der Waals surface area contributed by atoms with Gasteiger partial charge in [0.05, 0.1) is 20.3 Å². The van der Waals surface area contributed by atoms with Crippen molar-refractivity contribution in [3.63, 3.8) is 0 Å². The predicted molar refractivity (Wildman–Crippen MR) is 58.1 cm³/mol. The average molecular weight is 252 g/mol. The van der Waals surface area contributed by atoms with E-state index in [1.54, 1.807) is 7.11 Å². The van der Waals surface area contributed by atoms with Gasteiger partial charge in [-0.2, -0.15) is 0 Å². The van der Waals surface area contributed by atoms with Gasteiger partial charge in [0.15, 0.2) is 0 Å². The minimum absolute atomic E-state index is 0.132. The number of methoxy groups -OCH3 is 2. The number of hydrogen-bond donors (Lipinski definition) is 2. The highest BCUT2D eigenvalue weighted by Crippen LogP contribution is 1.92. The Hall–Kier alpha value is -0.930. The van der Waals surface area contributed by atoms with Crippen molar-refractivity contribution >= 4 is 6.09 Å². The van der Waals surface area contributed by atoms with Crippen LogP contribution in [0.15, 0.2) is 0 Å². The Morgan fingerprint density at radius 2 is 2.00 bits per heavy atom. The first-order valence-electron chi connectivity index (χ1n) is 5.06. The van der Waals surface area contributed by atoms with Crippen LogP contribution in [0.3, 0.4) is 0 Å². The Morgan fingerprint density at radius 3 is 2.59 bits per heavy atom. The number of carbonyl (C=O) groups is 1. The molecule has 102 valence electrons. The minimum Gasteiger partial charge on any atom is -0.447 e. The molecular weight excluding hydrogens is 232 g/mol. The molecule has 0 rings (SSSR count). The number of nitrogens with one attached hydrogen (secondary N) is 2. The van der Waals surface area contributed by atoms with Crippen molar-refractivity contribution in [2.45, 2.75) is 6.10 Å². The molecule has 0 aliphatic rings. The van der Waals surface area contributed by atoms with Crippen LogP contribution in [0, 0.1) is 0 Å². The van der Waals surface area contributed by atoms with Crippen molar-refractivity contribution in [1.29, 1.82) is 0 Å². The van der Waals surface area contributed by atoms with E-state index < -0.39 is 6.09 Å². The molecule has 0 saturated heterocycles. The van der Waals surface area contributed by atoms with Gasteiger partial charge in [-0.25, -0.2) is 4.79 Å². The lowest BCUT2D eigenvalue weighted by atomic mass is 10.4. The van der Waals surface area contributed by atoms with Crippen molar-refractivity contribution in [1.82, 2.24) is 11.0 Å². The highest BCUT2D eigenvalue weighted by molar-refractivity contribution is 5.67. The van der Waals surface area contributed by atoms with Gasteiger partial charge in [-0.1, -0.05) is 5.64 Å². The molecule has 1 unspecified atom stereocenters. The molecule has 0 aromatic rings. The Balaban J connectivity index is 3.44. The first-order valence-corrected chi connectivity index (χ1v) is 5.06. The van der Waals surface area contributed by atoms with E-state index in [1.165, 1.54) is 14.2 Å². The third kappa shape index (κ3) is 9.97. The lowest BCUT2D eigenvalue weighted by Gasteiger charge is -2.14. The van der Waals surface area contributed by atoms with E-state index >= 15 is 0 Å². The SMILES string of the molecule is COCC(COC(=O)NCCONOC)OC. The van der Waals surface area contributed by atoms with Gasteiger partial charge in [0.1, 0.15) is 12.7 Å². The van der Waals surface area contributed by atoms with Crippen LogP contribution >= 0.6 is 0 Å². The fraction of sp³-hybridized carbons (Fsp3) is 0.889. The maximum Gasteiger partial charge on any atom is 0.407 e. The maximum atomic E-state index is 11.2. The Bertz CT molecular complexity index is 192. The van der Waals surface area contributed by atoms with Crippen LogP contribution in [0.5, 0.6) is 0 Å². The van der Waals surface area contributed by atoms with Crippen LogP contribution in [-0.2, 0) is 23.9 Å². The molecule has 2 N–H and O–H groups in total. The summed E-state index contributed by atoms with van der Waals surface area (Å²) >= 11 is 0. The molecule has 0 aromatic carbocycles. The second-order valence-electron chi connectivity index (χ2n) is 2.97. The molecule has 0 spiro atoms. The average Bonchev–Trinajstić information content (AvgIpc) is 2.34. The fourth-order valence-electron chi connectivity index (χ4n) is 0.894. The molecule has 1 amide bonds. The zero-order chi connectivity index (χ0) is 12.9. The third-order valence-corrected chi connectivity index (χ3v) is 1.70. The molecule has 0 radical (unpaired) electrons. The van der Waals surface area contributed by atoms with Gasteiger partial charge in [0, 0.05) is 20.8 Å². The van der Waals surface area contributed by atoms with Crippen LogP contribution < -0.4 is 11.0 Å². The number of amides is 1. The Kier molecular flexibility index (Phi) is 10.9. The summed E-state index contributed by atoms with van der Waals surface area (Å²) in [5.41, 5.74) is 2.17. The van der Waals surface area contributed by atoms with Gasteiger partial charge in [-0.15, -0.1) is 0 Å². The van der Waals surface area contributed by atoms with Crippen molar-refractivity contribution < 1.29 is 28.7 Å². The van der Waals surface area contributed by atoms with E-state index in [-0.39, 0.29) is 19.3 Å². The Morgan fingerprint density at radius 1 is 1.24 bits per heavy atom. The van der Waals surface area contributed by atoms with Crippen LogP contribution in [0.4, 0.5) is 4.79 Å². The van der Waals surface area contributed by atoms with Crippen molar-refractivity contribution in [2.24, 2.45) is 0 Å². The molecule has 0 aliphatic carbocycles. The van der Waals surface area contributed by atoms with Crippen LogP contribution in [0.2, 0.25) is 0 Å². The maximum absolute atomic E-state index is 11.2. The summed E-state index contributed by atoms with van der Waals surface area (Å²) in [5, 5.41) is 2.49. The summed E-state index contributed by atoms with van der Waals surface area (Å²) in [4.78, 5) is 20.3. The molecule has 0 aliphatic heterocycles. The summed E-state index contributed by atoms with van der Waals surface area (Å²) < 4.78 is 14.8. The van der Waals surface area contributed by atoms with Crippen molar-refractivity contribution in [3.8, 4) is 0 Å². The van der Waals surface area contributed by atoms with Crippen LogP contribution in [0.25, 0.3) is 0 Å². The molecule has 8 heteroatoms. The summed E-state index contributed by atoms with van der Waals surface area (Å²) in [5.74, 6) is 0. The second kappa shape index (κ2) is 11.6. The summed E-state index contributed by atoms with van der Waals surface area (Å²) in [6, 6.07) is 0. The van der Waals surface area contributed by atoms with Gasteiger partial charge in [0.25, 0.3) is 0 Å². The number of ether oxygens (including phenoxy) is 3. The second-order valence-corrected chi connectivity index (χ2v) is 2.97. The standard InChI is InChI=1S/C9H20N2O6/c1-13-6-8(14-2)7-16-9(12)10-4-5-17-11-15-3/h8,11H,4-7H2,1-3H3,(H,10,12). The van der Waals surface area contributed by atoms with Gasteiger partial charge in [0.2, 0.25) is 0 Å². The fourth-order valence-corrected chi connectivity index (χ4v) is 0.894. The third-order valence-electron chi connectivity index (χ3n) is 1.70. The molecule has 8 nitrogen and oxygen atoms in total. The van der Waals surface area contributed by atoms with E-state index in [9.17, 15) is 4.79 Å². The predicted octanol–water partition coefficient (Wildman–Crippen LogP) is -0.543. The van der Waals surface area contributed by atoms with Crippen LogP contribution in [0.1, 0.15) is 0 Å². The van der Waals surface area contributed by atoms with E-state index in [0.29, 0.717) is 13.2 Å². The first-order chi connectivity index (χ1) is 8.24. The molecule has 17 heavy (non-hydrogen) atoms. The van der Waals surface area contributed by atoms with E-state index in [4.69, 9.17) is 19.0 Å². The monoisotopic (exact) mass is 252 g/mol. The zero-order valence-corrected chi connectivity index (χ0v) is 10.4. The summed E-state index contributed by atoms with van der Waals surface area (Å²) in [6.45, 7) is 1.06. The number of rotatable bonds is 10.